The third kappa shape index (κ3) is 2.60. The van der Waals surface area contributed by atoms with Gasteiger partial charge in [-0.05, 0) is 49.3 Å². The van der Waals surface area contributed by atoms with Gasteiger partial charge in [-0.1, -0.05) is 18.0 Å². The lowest BCUT2D eigenvalue weighted by molar-refractivity contribution is 0.439. The maximum Gasteiger partial charge on any atom is 0.234 e. The smallest absolute Gasteiger partial charge is 0.234 e. The van der Waals surface area contributed by atoms with E-state index in [0.717, 1.165) is 28.6 Å². The summed E-state index contributed by atoms with van der Waals surface area (Å²) >= 11 is 6.10. The second-order valence-electron chi connectivity index (χ2n) is 6.09. The number of benzene rings is 1. The first-order valence-electron chi connectivity index (χ1n) is 7.37. The van der Waals surface area contributed by atoms with Gasteiger partial charge >= 0.3 is 0 Å². The number of aromatic nitrogens is 2. The number of halogens is 2. The van der Waals surface area contributed by atoms with Crippen LogP contribution in [0.15, 0.2) is 18.2 Å². The summed E-state index contributed by atoms with van der Waals surface area (Å²) in [6.07, 6.45) is 5.20. The van der Waals surface area contributed by atoms with Gasteiger partial charge in [-0.3, -0.25) is 0 Å². The fourth-order valence-electron chi connectivity index (χ4n) is 3.86. The summed E-state index contributed by atoms with van der Waals surface area (Å²) in [4.78, 5) is 8.61. The highest BCUT2D eigenvalue weighted by Gasteiger charge is 2.39. The molecule has 2 aliphatic rings. The molecule has 3 atom stereocenters. The number of nitriles is 1. The van der Waals surface area contributed by atoms with Crippen molar-refractivity contribution in [1.82, 2.24) is 9.97 Å². The molecule has 1 N–H and O–H groups in total. The monoisotopic (exact) mass is 334 g/mol. The second-order valence-corrected chi connectivity index (χ2v) is 6.53. The molecule has 2 aromatic rings. The Morgan fingerprint density at radius 1 is 1.23 bits per heavy atom. The van der Waals surface area contributed by atoms with E-state index in [0.29, 0.717) is 11.1 Å². The summed E-state index contributed by atoms with van der Waals surface area (Å²) < 4.78 is 0. The van der Waals surface area contributed by atoms with Gasteiger partial charge in [0.05, 0.1) is 5.52 Å². The van der Waals surface area contributed by atoms with Crippen molar-refractivity contribution in [2.45, 2.75) is 31.7 Å². The van der Waals surface area contributed by atoms with E-state index in [1.807, 2.05) is 18.2 Å². The number of hydrogen-bond donors (Lipinski definition) is 1. The van der Waals surface area contributed by atoms with Crippen molar-refractivity contribution in [3.63, 3.8) is 0 Å². The molecular weight excluding hydrogens is 319 g/mol. The van der Waals surface area contributed by atoms with Crippen LogP contribution >= 0.6 is 24.0 Å². The molecule has 4 rings (SSSR count). The summed E-state index contributed by atoms with van der Waals surface area (Å²) in [5.41, 5.74) is 0.761. The highest BCUT2D eigenvalue weighted by Crippen LogP contribution is 2.45. The Bertz CT molecular complexity index is 756. The third-order valence-electron chi connectivity index (χ3n) is 4.82. The average Bonchev–Trinajstić information content (AvgIpc) is 3.10. The average molecular weight is 335 g/mol. The number of hydrogen-bond acceptors (Lipinski definition) is 4. The molecule has 2 saturated carbocycles. The fourth-order valence-corrected chi connectivity index (χ4v) is 4.03. The van der Waals surface area contributed by atoms with Crippen molar-refractivity contribution < 1.29 is 0 Å². The molecule has 1 aromatic carbocycles. The molecular formula is C16H16Cl2N4. The van der Waals surface area contributed by atoms with E-state index >= 15 is 0 Å². The van der Waals surface area contributed by atoms with Gasteiger partial charge in [-0.2, -0.15) is 5.26 Å². The number of rotatable bonds is 2. The van der Waals surface area contributed by atoms with E-state index in [9.17, 15) is 0 Å². The van der Waals surface area contributed by atoms with E-state index in [4.69, 9.17) is 16.9 Å². The largest absolute Gasteiger partial charge is 0.366 e. The number of fused-ring (bicyclic) bond motifs is 3. The first-order chi connectivity index (χ1) is 10.2. The van der Waals surface area contributed by atoms with Crippen molar-refractivity contribution in [2.24, 2.45) is 11.8 Å². The molecule has 0 spiro atoms. The third-order valence-corrected chi connectivity index (χ3v) is 5.05. The molecule has 0 saturated heterocycles. The van der Waals surface area contributed by atoms with Crippen molar-refractivity contribution in [3.05, 3.63) is 29.0 Å². The van der Waals surface area contributed by atoms with Gasteiger partial charge < -0.3 is 5.32 Å². The van der Waals surface area contributed by atoms with Gasteiger partial charge in [0, 0.05) is 16.5 Å². The first kappa shape index (κ1) is 15.3. The summed E-state index contributed by atoms with van der Waals surface area (Å²) in [6.45, 7) is 0. The molecule has 1 aromatic heterocycles. The van der Waals surface area contributed by atoms with Crippen LogP contribution in [0.1, 0.15) is 31.5 Å². The molecule has 0 aliphatic heterocycles. The number of nitrogens with one attached hydrogen (secondary N) is 1. The lowest BCUT2D eigenvalue weighted by atomic mass is 9.95. The molecule has 2 fully saturated rings. The van der Waals surface area contributed by atoms with Gasteiger partial charge in [0.15, 0.2) is 0 Å². The molecule has 0 radical (unpaired) electrons. The van der Waals surface area contributed by atoms with Crippen molar-refractivity contribution in [1.29, 1.82) is 5.26 Å². The zero-order chi connectivity index (χ0) is 14.4. The Morgan fingerprint density at radius 2 is 2.09 bits per heavy atom. The minimum absolute atomic E-state index is 0. The van der Waals surface area contributed by atoms with E-state index in [2.05, 4.69) is 15.3 Å². The van der Waals surface area contributed by atoms with E-state index < -0.39 is 0 Å². The molecule has 22 heavy (non-hydrogen) atoms. The Hall–Kier alpha value is -1.57. The standard InChI is InChI=1S/C16H15ClN4.ClH/c17-11-3-4-13-12(7-11)16(21-15(8-18)19-13)20-14-6-9-1-2-10(14)5-9;/h3-4,7,9-10,14H,1-2,5-6H2,(H,19,20,21);1H. The van der Waals surface area contributed by atoms with Crippen molar-refractivity contribution in [3.8, 4) is 6.07 Å². The summed E-state index contributed by atoms with van der Waals surface area (Å²) in [6, 6.07) is 8.00. The minimum Gasteiger partial charge on any atom is -0.366 e. The van der Waals surface area contributed by atoms with Gasteiger partial charge in [-0.15, -0.1) is 12.4 Å². The van der Waals surface area contributed by atoms with Crippen LogP contribution in [-0.2, 0) is 0 Å². The van der Waals surface area contributed by atoms with Gasteiger partial charge in [-0.25, -0.2) is 9.97 Å². The Balaban J connectivity index is 0.00000144. The van der Waals surface area contributed by atoms with Crippen LogP contribution in [-0.4, -0.2) is 16.0 Å². The first-order valence-corrected chi connectivity index (χ1v) is 7.74. The lowest BCUT2D eigenvalue weighted by Crippen LogP contribution is -2.26. The minimum atomic E-state index is 0. The van der Waals surface area contributed by atoms with Crippen LogP contribution in [0.3, 0.4) is 0 Å². The normalized spacial score (nSPS) is 25.7. The van der Waals surface area contributed by atoms with Crippen LogP contribution in [0.5, 0.6) is 0 Å². The van der Waals surface area contributed by atoms with E-state index in [-0.39, 0.29) is 18.2 Å². The van der Waals surface area contributed by atoms with Crippen LogP contribution in [0.4, 0.5) is 5.82 Å². The predicted molar refractivity (Wildman–Crippen MR) is 89.4 cm³/mol. The molecule has 2 bridgehead atoms. The summed E-state index contributed by atoms with van der Waals surface area (Å²) in [5.74, 6) is 2.55. The SMILES string of the molecule is Cl.N#Cc1nc(NC2CC3CCC2C3)c2cc(Cl)ccc2n1. The topological polar surface area (TPSA) is 61.6 Å². The van der Waals surface area contributed by atoms with Crippen LogP contribution < -0.4 is 5.32 Å². The zero-order valence-corrected chi connectivity index (χ0v) is 13.5. The number of nitrogens with zero attached hydrogens (tertiary/aromatic N) is 3. The van der Waals surface area contributed by atoms with Crippen LogP contribution in [0, 0.1) is 23.2 Å². The maximum absolute atomic E-state index is 9.11. The predicted octanol–water partition coefficient (Wildman–Crippen LogP) is 4.18. The van der Waals surface area contributed by atoms with Crippen LogP contribution in [0.25, 0.3) is 10.9 Å². The lowest BCUT2D eigenvalue weighted by Gasteiger charge is -2.24. The zero-order valence-electron chi connectivity index (χ0n) is 11.9. The Labute approximate surface area is 140 Å². The highest BCUT2D eigenvalue weighted by atomic mass is 35.5. The van der Waals surface area contributed by atoms with Gasteiger partial charge in [0.25, 0.3) is 0 Å². The highest BCUT2D eigenvalue weighted by molar-refractivity contribution is 6.31. The van der Waals surface area contributed by atoms with Gasteiger partial charge in [0.2, 0.25) is 5.82 Å². The van der Waals surface area contributed by atoms with E-state index in [1.165, 1.54) is 25.7 Å². The van der Waals surface area contributed by atoms with Crippen molar-refractivity contribution in [2.75, 3.05) is 5.32 Å². The molecule has 114 valence electrons. The summed E-state index contributed by atoms with van der Waals surface area (Å²) in [7, 11) is 0. The molecule has 4 nitrogen and oxygen atoms in total. The fraction of sp³-hybridized carbons (Fsp3) is 0.438. The van der Waals surface area contributed by atoms with Gasteiger partial charge in [0.1, 0.15) is 11.9 Å². The maximum atomic E-state index is 9.11. The summed E-state index contributed by atoms with van der Waals surface area (Å²) in [5, 5.41) is 14.2. The Kier molecular flexibility index (Phi) is 4.12. The van der Waals surface area contributed by atoms with E-state index in [1.54, 1.807) is 6.07 Å². The second kappa shape index (κ2) is 5.91. The molecule has 0 amide bonds. The Morgan fingerprint density at radius 3 is 2.77 bits per heavy atom. The van der Waals surface area contributed by atoms with Crippen LogP contribution in [0.2, 0.25) is 5.02 Å². The molecule has 6 heteroatoms. The number of anilines is 1. The molecule has 3 unspecified atom stereocenters. The quantitative estimate of drug-likeness (QED) is 0.894. The van der Waals surface area contributed by atoms with Crippen molar-refractivity contribution >= 4 is 40.7 Å². The molecule has 2 aliphatic carbocycles. The molecule has 1 heterocycles.